The molecule has 1 fully saturated rings. The van der Waals surface area contributed by atoms with E-state index in [-0.39, 0.29) is 22.3 Å². The number of anilines is 3. The van der Waals surface area contributed by atoms with Gasteiger partial charge in [0.15, 0.2) is 5.11 Å². The van der Waals surface area contributed by atoms with Gasteiger partial charge in [-0.05, 0) is 49.0 Å². The summed E-state index contributed by atoms with van der Waals surface area (Å²) in [5.74, 6) is -0.616. The van der Waals surface area contributed by atoms with Crippen LogP contribution in [0.1, 0.15) is 30.1 Å². The molecule has 0 aliphatic carbocycles. The van der Waals surface area contributed by atoms with E-state index in [0.29, 0.717) is 49.8 Å². The zero-order valence-electron chi connectivity index (χ0n) is 18.1. The van der Waals surface area contributed by atoms with Crippen LogP contribution < -0.4 is 20.9 Å². The molecule has 3 N–H and O–H groups in total. The average Bonchev–Trinajstić information content (AvgIpc) is 2.80. The number of carbonyl (C=O) groups is 2. The predicted octanol–water partition coefficient (Wildman–Crippen LogP) is 3.30. The van der Waals surface area contributed by atoms with Gasteiger partial charge in [0.05, 0.1) is 29.4 Å². The summed E-state index contributed by atoms with van der Waals surface area (Å²) in [6.07, 6.45) is 1.21. The quantitative estimate of drug-likeness (QED) is 0.319. The van der Waals surface area contributed by atoms with Gasteiger partial charge < -0.3 is 20.3 Å². The number of nitro benzene ring substituents is 1. The summed E-state index contributed by atoms with van der Waals surface area (Å²) in [6.45, 7) is 4.09. The Hall–Kier alpha value is -3.57. The van der Waals surface area contributed by atoms with Crippen molar-refractivity contribution in [3.8, 4) is 0 Å². The molecular weight excluding hydrogens is 446 g/mol. The minimum absolute atomic E-state index is 0.0437. The molecule has 11 heteroatoms. The fourth-order valence-corrected chi connectivity index (χ4v) is 3.53. The van der Waals surface area contributed by atoms with E-state index in [4.69, 9.17) is 17.0 Å². The van der Waals surface area contributed by atoms with Crippen LogP contribution in [0.4, 0.5) is 22.7 Å². The molecule has 10 nitrogen and oxygen atoms in total. The topological polar surface area (TPSA) is 126 Å². The van der Waals surface area contributed by atoms with Crippen LogP contribution in [0.2, 0.25) is 0 Å². The normalized spacial score (nSPS) is 13.2. The third-order valence-electron chi connectivity index (χ3n) is 4.92. The highest BCUT2D eigenvalue weighted by Gasteiger charge is 2.22. The van der Waals surface area contributed by atoms with E-state index in [1.807, 2.05) is 11.8 Å². The predicted molar refractivity (Wildman–Crippen MR) is 130 cm³/mol. The first kappa shape index (κ1) is 24.1. The van der Waals surface area contributed by atoms with Crippen molar-refractivity contribution in [1.82, 2.24) is 5.32 Å². The lowest BCUT2D eigenvalue weighted by atomic mass is 10.1. The fourth-order valence-electron chi connectivity index (χ4n) is 3.32. The fraction of sp³-hybridized carbons (Fsp3) is 0.318. The number of hydrogen-bond acceptors (Lipinski definition) is 7. The van der Waals surface area contributed by atoms with Crippen LogP contribution in [0.15, 0.2) is 42.5 Å². The van der Waals surface area contributed by atoms with Gasteiger partial charge in [0.1, 0.15) is 0 Å². The van der Waals surface area contributed by atoms with Crippen LogP contribution in [0.5, 0.6) is 0 Å². The maximum absolute atomic E-state index is 13.0. The average molecular weight is 472 g/mol. The largest absolute Gasteiger partial charge is 0.378 e. The molecule has 1 aliphatic rings. The van der Waals surface area contributed by atoms with E-state index >= 15 is 0 Å². The number of morpholine rings is 1. The molecule has 0 aromatic heterocycles. The van der Waals surface area contributed by atoms with E-state index in [1.54, 1.807) is 30.3 Å². The Morgan fingerprint density at radius 2 is 1.73 bits per heavy atom. The second-order valence-corrected chi connectivity index (χ2v) is 7.75. The number of non-ortho nitro benzene ring substituents is 1. The molecule has 0 spiro atoms. The summed E-state index contributed by atoms with van der Waals surface area (Å²) in [4.78, 5) is 37.3. The SMILES string of the molecule is CCCC(=O)Nc1ccc(NC(=S)NC(=O)c2cc([N+](=O)[O-])ccc2N2CCOCC2)cc1. The number of ether oxygens (including phenoxy) is 1. The lowest BCUT2D eigenvalue weighted by Gasteiger charge is -2.30. The number of thiocarbonyl (C=S) groups is 1. The highest BCUT2D eigenvalue weighted by atomic mass is 32.1. The molecule has 3 rings (SSSR count). The van der Waals surface area contributed by atoms with Gasteiger partial charge in [-0.25, -0.2) is 0 Å². The molecular formula is C22H25N5O5S. The van der Waals surface area contributed by atoms with Crippen molar-refractivity contribution in [1.29, 1.82) is 0 Å². The van der Waals surface area contributed by atoms with E-state index in [1.165, 1.54) is 12.1 Å². The van der Waals surface area contributed by atoms with Crippen molar-refractivity contribution in [3.05, 3.63) is 58.1 Å². The molecule has 33 heavy (non-hydrogen) atoms. The lowest BCUT2D eigenvalue weighted by molar-refractivity contribution is -0.384. The molecule has 0 radical (unpaired) electrons. The Labute approximate surface area is 196 Å². The van der Waals surface area contributed by atoms with Crippen molar-refractivity contribution in [2.75, 3.05) is 41.8 Å². The highest BCUT2D eigenvalue weighted by molar-refractivity contribution is 7.80. The van der Waals surface area contributed by atoms with Crippen LogP contribution in [0.25, 0.3) is 0 Å². The Bertz CT molecular complexity index is 1040. The van der Waals surface area contributed by atoms with Gasteiger partial charge in [0.25, 0.3) is 11.6 Å². The molecule has 0 bridgehead atoms. The number of carbonyl (C=O) groups excluding carboxylic acids is 2. The van der Waals surface area contributed by atoms with Gasteiger partial charge in [0, 0.05) is 43.0 Å². The standard InChI is InChI=1S/C22H25N5O5S/c1-2-3-20(28)23-15-4-6-16(7-5-15)24-22(33)25-21(29)18-14-17(27(30)31)8-9-19(18)26-10-12-32-13-11-26/h4-9,14H,2-3,10-13H2,1H3,(H,23,28)(H2,24,25,29,33). The zero-order chi connectivity index (χ0) is 23.8. The number of nitrogens with one attached hydrogen (secondary N) is 3. The smallest absolute Gasteiger partial charge is 0.270 e. The Balaban J connectivity index is 1.68. The summed E-state index contributed by atoms with van der Waals surface area (Å²) in [5.41, 5.74) is 1.82. The first-order valence-corrected chi connectivity index (χ1v) is 10.9. The van der Waals surface area contributed by atoms with Gasteiger partial charge in [-0.15, -0.1) is 0 Å². The lowest BCUT2D eigenvalue weighted by Crippen LogP contribution is -2.39. The summed E-state index contributed by atoms with van der Waals surface area (Å²) in [5, 5.41) is 19.6. The molecule has 174 valence electrons. The molecule has 2 aromatic carbocycles. The number of benzene rings is 2. The molecule has 2 aromatic rings. The van der Waals surface area contributed by atoms with E-state index in [0.717, 1.165) is 6.42 Å². The number of rotatable bonds is 7. The molecule has 0 atom stereocenters. The van der Waals surface area contributed by atoms with E-state index in [2.05, 4.69) is 16.0 Å². The van der Waals surface area contributed by atoms with Crippen LogP contribution in [-0.4, -0.2) is 48.2 Å². The van der Waals surface area contributed by atoms with Crippen molar-refractivity contribution < 1.29 is 19.2 Å². The third kappa shape index (κ3) is 6.70. The van der Waals surface area contributed by atoms with Crippen LogP contribution in [0.3, 0.4) is 0 Å². The molecule has 2 amide bonds. The Kier molecular flexibility index (Phi) is 8.28. The first-order valence-electron chi connectivity index (χ1n) is 10.5. The van der Waals surface area contributed by atoms with Gasteiger partial charge in [-0.1, -0.05) is 6.92 Å². The summed E-state index contributed by atoms with van der Waals surface area (Å²) >= 11 is 5.25. The minimum Gasteiger partial charge on any atom is -0.378 e. The molecule has 1 heterocycles. The summed E-state index contributed by atoms with van der Waals surface area (Å²) < 4.78 is 5.35. The maximum atomic E-state index is 13.0. The maximum Gasteiger partial charge on any atom is 0.270 e. The van der Waals surface area contributed by atoms with Gasteiger partial charge >= 0.3 is 0 Å². The number of nitrogens with zero attached hydrogens (tertiary/aromatic N) is 2. The van der Waals surface area contributed by atoms with Crippen molar-refractivity contribution in [2.45, 2.75) is 19.8 Å². The monoisotopic (exact) mass is 471 g/mol. The number of amides is 2. The van der Waals surface area contributed by atoms with Gasteiger partial charge in [-0.3, -0.25) is 25.0 Å². The van der Waals surface area contributed by atoms with Crippen molar-refractivity contribution in [3.63, 3.8) is 0 Å². The summed E-state index contributed by atoms with van der Waals surface area (Å²) in [7, 11) is 0. The van der Waals surface area contributed by atoms with Crippen molar-refractivity contribution in [2.24, 2.45) is 0 Å². The van der Waals surface area contributed by atoms with E-state index in [9.17, 15) is 19.7 Å². The molecule has 0 unspecified atom stereocenters. The van der Waals surface area contributed by atoms with E-state index < -0.39 is 10.8 Å². The van der Waals surface area contributed by atoms with Crippen LogP contribution in [-0.2, 0) is 9.53 Å². The minimum atomic E-state index is -0.554. The van der Waals surface area contributed by atoms with Gasteiger partial charge in [-0.2, -0.15) is 0 Å². The molecule has 1 aliphatic heterocycles. The summed E-state index contributed by atoms with van der Waals surface area (Å²) in [6, 6.07) is 11.1. The zero-order valence-corrected chi connectivity index (χ0v) is 18.9. The van der Waals surface area contributed by atoms with Crippen LogP contribution >= 0.6 is 12.2 Å². The number of nitro groups is 1. The van der Waals surface area contributed by atoms with Crippen LogP contribution in [0, 0.1) is 10.1 Å². The third-order valence-corrected chi connectivity index (χ3v) is 5.12. The second-order valence-electron chi connectivity index (χ2n) is 7.34. The molecule has 1 saturated heterocycles. The highest BCUT2D eigenvalue weighted by Crippen LogP contribution is 2.26. The first-order chi connectivity index (χ1) is 15.9. The van der Waals surface area contributed by atoms with Gasteiger partial charge in [0.2, 0.25) is 5.91 Å². The Morgan fingerprint density at radius 3 is 2.33 bits per heavy atom. The van der Waals surface area contributed by atoms with Crippen molar-refractivity contribution >= 4 is 51.9 Å². The Morgan fingerprint density at radius 1 is 1.09 bits per heavy atom. The number of hydrogen-bond donors (Lipinski definition) is 3. The molecule has 0 saturated carbocycles. The second kappa shape index (κ2) is 11.3.